The number of rotatable bonds is 3. The fraction of sp³-hybridized carbons (Fsp3) is 0.400. The lowest BCUT2D eigenvalue weighted by atomic mass is 10.3. The van der Waals surface area contributed by atoms with Crippen molar-refractivity contribution in [2.45, 2.75) is 25.1 Å². The van der Waals surface area contributed by atoms with Crippen LogP contribution in [0.25, 0.3) is 10.8 Å². The van der Waals surface area contributed by atoms with E-state index >= 15 is 0 Å². The van der Waals surface area contributed by atoms with E-state index in [0.717, 1.165) is 16.9 Å². The smallest absolute Gasteiger partial charge is 0.259 e. The second kappa shape index (κ2) is 4.85. The lowest BCUT2D eigenvalue weighted by molar-refractivity contribution is 0.501. The summed E-state index contributed by atoms with van der Waals surface area (Å²) >= 11 is 11.1. The van der Waals surface area contributed by atoms with Gasteiger partial charge in [-0.2, -0.15) is 0 Å². The molecule has 0 aliphatic heterocycles. The van der Waals surface area contributed by atoms with Crippen LogP contribution in [0.1, 0.15) is 29.6 Å². The lowest BCUT2D eigenvalue weighted by Crippen LogP contribution is -1.86. The van der Waals surface area contributed by atoms with E-state index in [1.54, 1.807) is 0 Å². The number of aryl methyl sites for hydroxylation is 1. The summed E-state index contributed by atoms with van der Waals surface area (Å²) in [5.74, 6) is 1.09. The molecule has 2 rings (SSSR count). The Morgan fingerprint density at radius 3 is 2.88 bits per heavy atom. The molecule has 2 aromatic rings. The zero-order valence-electron chi connectivity index (χ0n) is 8.83. The van der Waals surface area contributed by atoms with Crippen LogP contribution >= 0.6 is 38.9 Å². The van der Waals surface area contributed by atoms with Crippen molar-refractivity contribution in [3.8, 4) is 10.8 Å². The molecule has 3 nitrogen and oxygen atoms in total. The van der Waals surface area contributed by atoms with Gasteiger partial charge in [0, 0.05) is 0 Å². The molecular weight excluding hydrogens is 312 g/mol. The summed E-state index contributed by atoms with van der Waals surface area (Å²) in [7, 11) is 0. The zero-order chi connectivity index (χ0) is 11.7. The van der Waals surface area contributed by atoms with Crippen LogP contribution in [-0.4, -0.2) is 10.2 Å². The van der Waals surface area contributed by atoms with Gasteiger partial charge in [0.05, 0.1) is 9.85 Å². The van der Waals surface area contributed by atoms with E-state index < -0.39 is 0 Å². The molecule has 0 spiro atoms. The Hall–Kier alpha value is -0.390. The van der Waals surface area contributed by atoms with E-state index in [-0.39, 0.29) is 4.83 Å². The summed E-state index contributed by atoms with van der Waals surface area (Å²) in [6.07, 6.45) is 0.902. The third kappa shape index (κ3) is 2.17. The predicted molar refractivity (Wildman–Crippen MR) is 69.3 cm³/mol. The van der Waals surface area contributed by atoms with Crippen molar-refractivity contribution in [2.24, 2.45) is 0 Å². The summed E-state index contributed by atoms with van der Waals surface area (Å²) in [5, 5.41) is 10.7. The Kier molecular flexibility index (Phi) is 3.66. The minimum absolute atomic E-state index is 0.105. The molecule has 6 heteroatoms. The van der Waals surface area contributed by atoms with E-state index in [2.05, 4.69) is 26.1 Å². The molecule has 86 valence electrons. The zero-order valence-corrected chi connectivity index (χ0v) is 12.0. The van der Waals surface area contributed by atoms with Crippen molar-refractivity contribution in [2.75, 3.05) is 0 Å². The van der Waals surface area contributed by atoms with Crippen LogP contribution in [-0.2, 0) is 0 Å². The molecule has 2 aromatic heterocycles. The number of hydrogen-bond acceptors (Lipinski definition) is 4. The predicted octanol–water partition coefficient (Wildman–Crippen LogP) is 4.61. The Balaban J connectivity index is 2.35. The normalized spacial score (nSPS) is 13.0. The van der Waals surface area contributed by atoms with Gasteiger partial charge in [0.2, 0.25) is 5.89 Å². The number of thiophene rings is 1. The van der Waals surface area contributed by atoms with E-state index in [1.165, 1.54) is 11.3 Å². The monoisotopic (exact) mass is 320 g/mol. The van der Waals surface area contributed by atoms with Crippen molar-refractivity contribution in [3.05, 3.63) is 21.9 Å². The highest BCUT2D eigenvalue weighted by molar-refractivity contribution is 9.09. The quantitative estimate of drug-likeness (QED) is 0.775. The second-order valence-electron chi connectivity index (χ2n) is 3.38. The van der Waals surface area contributed by atoms with E-state index in [1.807, 2.05) is 19.2 Å². The summed E-state index contributed by atoms with van der Waals surface area (Å²) in [4.78, 5) is 0.947. The number of halogens is 2. The van der Waals surface area contributed by atoms with Gasteiger partial charge in [-0.1, -0.05) is 34.5 Å². The first kappa shape index (κ1) is 12.1. The summed E-state index contributed by atoms with van der Waals surface area (Å²) in [6.45, 7) is 4.00. The van der Waals surface area contributed by atoms with Crippen LogP contribution in [0.4, 0.5) is 0 Å². The van der Waals surface area contributed by atoms with Gasteiger partial charge in [0.1, 0.15) is 4.88 Å². The Morgan fingerprint density at radius 1 is 1.56 bits per heavy atom. The Bertz CT molecular complexity index is 497. The third-order valence-electron chi connectivity index (χ3n) is 2.16. The SMILES string of the molecule is CCC(Br)c1nnc(-c2scc(C)c2Cl)o1. The van der Waals surface area contributed by atoms with Gasteiger partial charge in [-0.15, -0.1) is 21.5 Å². The first-order valence-electron chi connectivity index (χ1n) is 4.85. The molecule has 0 fully saturated rings. The highest BCUT2D eigenvalue weighted by Gasteiger charge is 2.18. The summed E-state index contributed by atoms with van der Waals surface area (Å²) < 4.78 is 5.57. The maximum Gasteiger partial charge on any atom is 0.259 e. The number of hydrogen-bond donors (Lipinski definition) is 0. The average molecular weight is 322 g/mol. The van der Waals surface area contributed by atoms with Gasteiger partial charge >= 0.3 is 0 Å². The van der Waals surface area contributed by atoms with Gasteiger partial charge < -0.3 is 4.42 Å². The van der Waals surface area contributed by atoms with Crippen LogP contribution in [0.15, 0.2) is 9.80 Å². The first-order chi connectivity index (χ1) is 7.63. The number of nitrogens with zero attached hydrogens (tertiary/aromatic N) is 2. The highest BCUT2D eigenvalue weighted by atomic mass is 79.9. The van der Waals surface area contributed by atoms with Crippen LogP contribution in [0.3, 0.4) is 0 Å². The minimum atomic E-state index is 0.105. The van der Waals surface area contributed by atoms with Gasteiger partial charge in [-0.3, -0.25) is 0 Å². The number of aromatic nitrogens is 2. The highest BCUT2D eigenvalue weighted by Crippen LogP contribution is 2.36. The fourth-order valence-electron chi connectivity index (χ4n) is 1.20. The van der Waals surface area contributed by atoms with Crippen molar-refractivity contribution in [1.29, 1.82) is 0 Å². The van der Waals surface area contributed by atoms with Crippen molar-refractivity contribution in [3.63, 3.8) is 0 Å². The molecule has 0 aliphatic rings. The van der Waals surface area contributed by atoms with Crippen molar-refractivity contribution in [1.82, 2.24) is 10.2 Å². The van der Waals surface area contributed by atoms with E-state index in [4.69, 9.17) is 16.0 Å². The molecule has 0 saturated heterocycles. The molecule has 0 N–H and O–H groups in total. The van der Waals surface area contributed by atoms with Crippen LogP contribution in [0, 0.1) is 6.92 Å². The van der Waals surface area contributed by atoms with Gasteiger partial charge in [0.25, 0.3) is 5.89 Å². The van der Waals surface area contributed by atoms with Crippen LogP contribution in [0.5, 0.6) is 0 Å². The lowest BCUT2D eigenvalue weighted by Gasteiger charge is -1.97. The van der Waals surface area contributed by atoms with Gasteiger partial charge in [-0.05, 0) is 24.3 Å². The summed E-state index contributed by atoms with van der Waals surface area (Å²) in [6, 6.07) is 0. The molecule has 0 radical (unpaired) electrons. The molecule has 0 saturated carbocycles. The number of alkyl halides is 1. The molecule has 16 heavy (non-hydrogen) atoms. The van der Waals surface area contributed by atoms with Crippen LogP contribution in [0.2, 0.25) is 5.02 Å². The molecule has 1 atom stereocenters. The maximum absolute atomic E-state index is 6.14. The maximum atomic E-state index is 6.14. The average Bonchev–Trinajstić information content (AvgIpc) is 2.87. The van der Waals surface area contributed by atoms with Crippen molar-refractivity contribution < 1.29 is 4.42 Å². The second-order valence-corrected chi connectivity index (χ2v) is 5.75. The first-order valence-corrected chi connectivity index (χ1v) is 7.02. The van der Waals surface area contributed by atoms with E-state index in [9.17, 15) is 0 Å². The molecular formula is C10H10BrClN2OS. The van der Waals surface area contributed by atoms with Gasteiger partial charge in [0.15, 0.2) is 0 Å². The summed E-state index contributed by atoms with van der Waals surface area (Å²) in [5.41, 5.74) is 1.03. The standard InChI is InChI=1S/C10H10BrClN2OS/c1-3-6(11)9-13-14-10(15-9)8-7(12)5(2)4-16-8/h4,6H,3H2,1-2H3. The third-order valence-corrected chi connectivity index (χ3v) is 4.88. The molecule has 2 heterocycles. The van der Waals surface area contributed by atoms with Crippen molar-refractivity contribution >= 4 is 38.9 Å². The van der Waals surface area contributed by atoms with E-state index in [0.29, 0.717) is 16.8 Å². The Labute approximate surface area is 111 Å². The largest absolute Gasteiger partial charge is 0.419 e. The minimum Gasteiger partial charge on any atom is -0.419 e. The van der Waals surface area contributed by atoms with Crippen LogP contribution < -0.4 is 0 Å². The topological polar surface area (TPSA) is 38.9 Å². The Morgan fingerprint density at radius 2 is 2.31 bits per heavy atom. The molecule has 1 unspecified atom stereocenters. The molecule has 0 aromatic carbocycles. The molecule has 0 amide bonds. The molecule has 0 bridgehead atoms. The van der Waals surface area contributed by atoms with Gasteiger partial charge in [-0.25, -0.2) is 0 Å². The fourth-order valence-corrected chi connectivity index (χ4v) is 2.58. The molecule has 0 aliphatic carbocycles.